The highest BCUT2D eigenvalue weighted by molar-refractivity contribution is 5.77. The molecule has 0 bridgehead atoms. The standard InChI is InChI=1S/C19H30N2O2/c1-15(12-16-8-4-3-5-9-16)21-13-17-10-6-7-11-18(17)23-14-19(22)20-2/h6-7,10-11,15-16,21H,3-5,8-9,12-14H2,1-2H3,(H,20,22). The van der Waals surface area contributed by atoms with Gasteiger partial charge in [-0.05, 0) is 25.3 Å². The third-order valence-electron chi connectivity index (χ3n) is 4.66. The lowest BCUT2D eigenvalue weighted by Gasteiger charge is -2.25. The molecule has 1 fully saturated rings. The summed E-state index contributed by atoms with van der Waals surface area (Å²) in [5, 5.41) is 6.18. The number of benzene rings is 1. The number of amides is 1. The Morgan fingerprint density at radius 3 is 2.74 bits per heavy atom. The van der Waals surface area contributed by atoms with Gasteiger partial charge in [0.05, 0.1) is 0 Å². The van der Waals surface area contributed by atoms with Gasteiger partial charge in [0.2, 0.25) is 0 Å². The van der Waals surface area contributed by atoms with Crippen molar-refractivity contribution in [1.82, 2.24) is 10.6 Å². The number of hydrogen-bond acceptors (Lipinski definition) is 3. The van der Waals surface area contributed by atoms with Crippen LogP contribution < -0.4 is 15.4 Å². The van der Waals surface area contributed by atoms with E-state index in [1.54, 1.807) is 7.05 Å². The molecule has 0 heterocycles. The summed E-state index contributed by atoms with van der Waals surface area (Å²) in [6.45, 7) is 3.10. The minimum absolute atomic E-state index is 0.0607. The van der Waals surface area contributed by atoms with Gasteiger partial charge in [-0.15, -0.1) is 0 Å². The minimum atomic E-state index is -0.113. The van der Waals surface area contributed by atoms with E-state index in [0.29, 0.717) is 6.04 Å². The second-order valence-corrected chi connectivity index (χ2v) is 6.59. The SMILES string of the molecule is CNC(=O)COc1ccccc1CNC(C)CC1CCCCC1. The number of rotatable bonds is 8. The summed E-state index contributed by atoms with van der Waals surface area (Å²) >= 11 is 0. The van der Waals surface area contributed by atoms with Gasteiger partial charge in [-0.3, -0.25) is 4.79 Å². The molecular weight excluding hydrogens is 288 g/mol. The van der Waals surface area contributed by atoms with Crippen molar-refractivity contribution in [2.75, 3.05) is 13.7 Å². The lowest BCUT2D eigenvalue weighted by atomic mass is 9.85. The fourth-order valence-electron chi connectivity index (χ4n) is 3.30. The van der Waals surface area contributed by atoms with Gasteiger partial charge in [-0.1, -0.05) is 50.3 Å². The number of likely N-dealkylation sites (N-methyl/N-ethyl adjacent to an activating group) is 1. The number of nitrogens with one attached hydrogen (secondary N) is 2. The number of hydrogen-bond donors (Lipinski definition) is 2. The summed E-state index contributed by atoms with van der Waals surface area (Å²) < 4.78 is 5.62. The second kappa shape index (κ2) is 9.56. The molecule has 1 aromatic rings. The average Bonchev–Trinajstić information content (AvgIpc) is 2.59. The lowest BCUT2D eigenvalue weighted by Crippen LogP contribution is -2.29. The predicted molar refractivity (Wildman–Crippen MR) is 93.5 cm³/mol. The van der Waals surface area contributed by atoms with Crippen LogP contribution in [0.15, 0.2) is 24.3 Å². The fraction of sp³-hybridized carbons (Fsp3) is 0.632. The van der Waals surface area contributed by atoms with Crippen molar-refractivity contribution < 1.29 is 9.53 Å². The van der Waals surface area contributed by atoms with Gasteiger partial charge in [0, 0.05) is 25.2 Å². The zero-order valence-electron chi connectivity index (χ0n) is 14.4. The van der Waals surface area contributed by atoms with Crippen LogP contribution in [0.25, 0.3) is 0 Å². The molecular formula is C19H30N2O2. The summed E-state index contributed by atoms with van der Waals surface area (Å²) in [6.07, 6.45) is 8.23. The normalized spacial score (nSPS) is 16.8. The fourth-order valence-corrected chi connectivity index (χ4v) is 3.30. The maximum absolute atomic E-state index is 11.3. The Balaban J connectivity index is 1.80. The Morgan fingerprint density at radius 2 is 2.00 bits per heavy atom. The van der Waals surface area contributed by atoms with E-state index < -0.39 is 0 Å². The number of para-hydroxylation sites is 1. The highest BCUT2D eigenvalue weighted by Gasteiger charge is 2.16. The molecule has 23 heavy (non-hydrogen) atoms. The first-order valence-corrected chi connectivity index (χ1v) is 8.83. The van der Waals surface area contributed by atoms with Gasteiger partial charge in [0.15, 0.2) is 6.61 Å². The smallest absolute Gasteiger partial charge is 0.257 e. The highest BCUT2D eigenvalue weighted by atomic mass is 16.5. The summed E-state index contributed by atoms with van der Waals surface area (Å²) in [4.78, 5) is 11.3. The third kappa shape index (κ3) is 6.22. The number of carbonyl (C=O) groups excluding carboxylic acids is 1. The third-order valence-corrected chi connectivity index (χ3v) is 4.66. The van der Waals surface area contributed by atoms with Crippen molar-refractivity contribution in [3.63, 3.8) is 0 Å². The zero-order valence-corrected chi connectivity index (χ0v) is 14.4. The van der Waals surface area contributed by atoms with Crippen LogP contribution in [0.4, 0.5) is 0 Å². The molecule has 0 spiro atoms. The van der Waals surface area contributed by atoms with E-state index in [-0.39, 0.29) is 12.5 Å². The number of carbonyl (C=O) groups is 1. The Labute approximate surface area is 140 Å². The second-order valence-electron chi connectivity index (χ2n) is 6.59. The van der Waals surface area contributed by atoms with E-state index in [9.17, 15) is 4.79 Å². The largest absolute Gasteiger partial charge is 0.483 e. The first kappa shape index (κ1) is 17.8. The molecule has 4 heteroatoms. The number of ether oxygens (including phenoxy) is 1. The summed E-state index contributed by atoms with van der Waals surface area (Å²) in [5.41, 5.74) is 1.10. The van der Waals surface area contributed by atoms with Crippen molar-refractivity contribution in [2.45, 2.75) is 58.0 Å². The molecule has 0 saturated heterocycles. The topological polar surface area (TPSA) is 50.4 Å². The quantitative estimate of drug-likeness (QED) is 0.773. The monoisotopic (exact) mass is 318 g/mol. The van der Waals surface area contributed by atoms with Crippen molar-refractivity contribution in [1.29, 1.82) is 0 Å². The molecule has 1 aliphatic carbocycles. The Bertz CT molecular complexity index is 484. The molecule has 1 saturated carbocycles. The molecule has 0 radical (unpaired) electrons. The van der Waals surface area contributed by atoms with Crippen molar-refractivity contribution >= 4 is 5.91 Å². The van der Waals surface area contributed by atoms with Gasteiger partial charge in [0.1, 0.15) is 5.75 Å². The first-order valence-electron chi connectivity index (χ1n) is 8.83. The predicted octanol–water partition coefficient (Wildman–Crippen LogP) is 3.26. The first-order chi connectivity index (χ1) is 11.2. The highest BCUT2D eigenvalue weighted by Crippen LogP contribution is 2.27. The van der Waals surface area contributed by atoms with Gasteiger partial charge in [0.25, 0.3) is 5.91 Å². The molecule has 2 rings (SSSR count). The van der Waals surface area contributed by atoms with Crippen LogP contribution in [0.1, 0.15) is 51.0 Å². The summed E-state index contributed by atoms with van der Waals surface area (Å²) in [7, 11) is 1.62. The molecule has 1 aromatic carbocycles. The molecule has 1 aliphatic rings. The Morgan fingerprint density at radius 1 is 1.26 bits per heavy atom. The van der Waals surface area contributed by atoms with E-state index in [1.807, 2.05) is 18.2 Å². The zero-order chi connectivity index (χ0) is 16.5. The van der Waals surface area contributed by atoms with Crippen molar-refractivity contribution in [2.24, 2.45) is 5.92 Å². The molecule has 2 N–H and O–H groups in total. The maximum atomic E-state index is 11.3. The van der Waals surface area contributed by atoms with E-state index in [1.165, 1.54) is 38.5 Å². The Hall–Kier alpha value is -1.55. The lowest BCUT2D eigenvalue weighted by molar-refractivity contribution is -0.122. The van der Waals surface area contributed by atoms with Crippen LogP contribution >= 0.6 is 0 Å². The average molecular weight is 318 g/mol. The van der Waals surface area contributed by atoms with Crippen LogP contribution in [-0.2, 0) is 11.3 Å². The van der Waals surface area contributed by atoms with E-state index in [2.05, 4.69) is 23.6 Å². The van der Waals surface area contributed by atoms with E-state index in [0.717, 1.165) is 23.8 Å². The molecule has 1 unspecified atom stereocenters. The molecule has 1 atom stereocenters. The van der Waals surface area contributed by atoms with Crippen LogP contribution in [0.2, 0.25) is 0 Å². The molecule has 4 nitrogen and oxygen atoms in total. The van der Waals surface area contributed by atoms with Gasteiger partial charge < -0.3 is 15.4 Å². The van der Waals surface area contributed by atoms with Gasteiger partial charge >= 0.3 is 0 Å². The van der Waals surface area contributed by atoms with Gasteiger partial charge in [-0.2, -0.15) is 0 Å². The summed E-state index contributed by atoms with van der Waals surface area (Å²) in [5.74, 6) is 1.55. The van der Waals surface area contributed by atoms with Crippen LogP contribution in [0.3, 0.4) is 0 Å². The Kier molecular flexibility index (Phi) is 7.40. The van der Waals surface area contributed by atoms with E-state index in [4.69, 9.17) is 4.74 Å². The van der Waals surface area contributed by atoms with Crippen LogP contribution in [-0.4, -0.2) is 25.6 Å². The molecule has 0 aliphatic heterocycles. The molecule has 1 amide bonds. The molecule has 128 valence electrons. The summed E-state index contributed by atoms with van der Waals surface area (Å²) in [6, 6.07) is 8.43. The van der Waals surface area contributed by atoms with E-state index >= 15 is 0 Å². The van der Waals surface area contributed by atoms with Crippen LogP contribution in [0.5, 0.6) is 5.75 Å². The maximum Gasteiger partial charge on any atom is 0.257 e. The van der Waals surface area contributed by atoms with Crippen molar-refractivity contribution in [3.8, 4) is 5.75 Å². The minimum Gasteiger partial charge on any atom is -0.483 e. The van der Waals surface area contributed by atoms with Crippen molar-refractivity contribution in [3.05, 3.63) is 29.8 Å². The molecule has 0 aromatic heterocycles. The van der Waals surface area contributed by atoms with Gasteiger partial charge in [-0.25, -0.2) is 0 Å². The van der Waals surface area contributed by atoms with Crippen LogP contribution in [0, 0.1) is 5.92 Å².